The molecule has 0 saturated carbocycles. The number of aromatic nitrogens is 2. The largest absolute Gasteiger partial charge is 0.375 e. The second-order valence-corrected chi connectivity index (χ2v) is 7.74. The predicted molar refractivity (Wildman–Crippen MR) is 103 cm³/mol. The topological polar surface area (TPSA) is 50.3 Å². The molecule has 1 N–H and O–H groups in total. The summed E-state index contributed by atoms with van der Waals surface area (Å²) in [7, 11) is 0. The average Bonchev–Trinajstić information content (AvgIpc) is 2.68. The van der Waals surface area contributed by atoms with E-state index in [2.05, 4.69) is 20.2 Å². The molecular weight excluding hydrogens is 343 g/mol. The summed E-state index contributed by atoms with van der Waals surface area (Å²) in [6.07, 6.45) is 7.50. The lowest BCUT2D eigenvalue weighted by molar-refractivity contribution is -0.115. The van der Waals surface area contributed by atoms with Gasteiger partial charge in [0.25, 0.3) is 0 Å². The maximum absolute atomic E-state index is 13.8. The number of rotatable bonds is 4. The first kappa shape index (κ1) is 18.3. The number of benzene rings is 1. The van der Waals surface area contributed by atoms with E-state index in [4.69, 9.17) is 4.74 Å². The molecule has 1 atom stereocenters. The van der Waals surface area contributed by atoms with Crippen LogP contribution in [0.1, 0.15) is 36.8 Å². The molecular formula is C21H27FN4O. The highest BCUT2D eigenvalue weighted by atomic mass is 19.1. The number of likely N-dealkylation sites (tertiary alicyclic amines) is 1. The van der Waals surface area contributed by atoms with Crippen molar-refractivity contribution in [2.45, 2.75) is 50.8 Å². The van der Waals surface area contributed by atoms with Crippen LogP contribution in [0, 0.1) is 12.7 Å². The first-order chi connectivity index (χ1) is 13.1. The number of nitrogens with zero attached hydrogens (tertiary/aromatic N) is 3. The van der Waals surface area contributed by atoms with E-state index in [1.165, 1.54) is 6.07 Å². The Hall–Kier alpha value is -2.05. The van der Waals surface area contributed by atoms with Crippen LogP contribution in [0.25, 0.3) is 0 Å². The van der Waals surface area contributed by atoms with Crippen molar-refractivity contribution in [3.63, 3.8) is 0 Å². The second kappa shape index (κ2) is 7.90. The molecule has 2 saturated heterocycles. The number of ether oxygens (including phenoxy) is 1. The van der Waals surface area contributed by atoms with Crippen LogP contribution in [-0.4, -0.2) is 46.2 Å². The Balaban J connectivity index is 1.34. The van der Waals surface area contributed by atoms with E-state index in [-0.39, 0.29) is 11.4 Å². The van der Waals surface area contributed by atoms with Crippen molar-refractivity contribution in [3.05, 3.63) is 53.6 Å². The summed E-state index contributed by atoms with van der Waals surface area (Å²) in [6.45, 7) is 5.39. The van der Waals surface area contributed by atoms with Gasteiger partial charge in [0.1, 0.15) is 5.82 Å². The quantitative estimate of drug-likeness (QED) is 0.892. The van der Waals surface area contributed by atoms with Gasteiger partial charge < -0.3 is 10.1 Å². The number of hydrogen-bond acceptors (Lipinski definition) is 5. The third kappa shape index (κ3) is 4.28. The Labute approximate surface area is 160 Å². The lowest BCUT2D eigenvalue weighted by Crippen LogP contribution is -2.51. The van der Waals surface area contributed by atoms with Gasteiger partial charge in [0, 0.05) is 44.7 Å². The molecule has 5 nitrogen and oxygen atoms in total. The zero-order chi connectivity index (χ0) is 18.7. The van der Waals surface area contributed by atoms with Crippen LogP contribution in [0.3, 0.4) is 0 Å². The Morgan fingerprint density at radius 2 is 2.00 bits per heavy atom. The summed E-state index contributed by atoms with van der Waals surface area (Å²) in [6, 6.07) is 7.53. The van der Waals surface area contributed by atoms with E-state index in [0.29, 0.717) is 12.0 Å². The molecule has 144 valence electrons. The smallest absolute Gasteiger partial charge is 0.222 e. The van der Waals surface area contributed by atoms with Gasteiger partial charge >= 0.3 is 0 Å². The fourth-order valence-electron chi connectivity index (χ4n) is 4.24. The highest BCUT2D eigenvalue weighted by Crippen LogP contribution is 2.36. The highest BCUT2D eigenvalue weighted by molar-refractivity contribution is 5.27. The van der Waals surface area contributed by atoms with Gasteiger partial charge in [0.05, 0.1) is 5.60 Å². The van der Waals surface area contributed by atoms with Crippen molar-refractivity contribution < 1.29 is 9.13 Å². The molecule has 3 heterocycles. The number of anilines is 1. The van der Waals surface area contributed by atoms with Crippen LogP contribution >= 0.6 is 0 Å². The highest BCUT2D eigenvalue weighted by Gasteiger charge is 2.40. The van der Waals surface area contributed by atoms with E-state index >= 15 is 0 Å². The van der Waals surface area contributed by atoms with E-state index in [9.17, 15) is 4.39 Å². The van der Waals surface area contributed by atoms with E-state index in [1.54, 1.807) is 18.5 Å². The summed E-state index contributed by atoms with van der Waals surface area (Å²) < 4.78 is 20.0. The predicted octanol–water partition coefficient (Wildman–Crippen LogP) is 3.55. The maximum Gasteiger partial charge on any atom is 0.222 e. The Kier molecular flexibility index (Phi) is 5.36. The molecule has 0 aliphatic carbocycles. The molecule has 27 heavy (non-hydrogen) atoms. The number of halogens is 1. The molecule has 2 aliphatic heterocycles. The van der Waals surface area contributed by atoms with Gasteiger partial charge in [0.2, 0.25) is 5.95 Å². The normalized spacial score (nSPS) is 22.7. The minimum atomic E-state index is -0.117. The molecule has 0 bridgehead atoms. The van der Waals surface area contributed by atoms with Crippen molar-refractivity contribution in [1.29, 1.82) is 0 Å². The number of nitrogens with one attached hydrogen (secondary N) is 1. The first-order valence-electron chi connectivity index (χ1n) is 9.77. The molecule has 6 heteroatoms. The van der Waals surface area contributed by atoms with Gasteiger partial charge in [-0.1, -0.05) is 12.1 Å². The molecule has 4 rings (SSSR count). The second-order valence-electron chi connectivity index (χ2n) is 7.74. The van der Waals surface area contributed by atoms with E-state index in [1.807, 2.05) is 19.1 Å². The van der Waals surface area contributed by atoms with Gasteiger partial charge in [-0.3, -0.25) is 4.90 Å². The van der Waals surface area contributed by atoms with Crippen LogP contribution in [0.15, 0.2) is 36.7 Å². The summed E-state index contributed by atoms with van der Waals surface area (Å²) in [4.78, 5) is 11.0. The Morgan fingerprint density at radius 3 is 2.78 bits per heavy atom. The summed E-state index contributed by atoms with van der Waals surface area (Å²) in [5, 5.41) is 3.46. The zero-order valence-corrected chi connectivity index (χ0v) is 15.8. The van der Waals surface area contributed by atoms with Crippen molar-refractivity contribution in [2.24, 2.45) is 0 Å². The molecule has 0 amide bonds. The summed E-state index contributed by atoms with van der Waals surface area (Å²) >= 11 is 0. The lowest BCUT2D eigenvalue weighted by atomic mass is 9.82. The standard InChI is InChI=1S/C21H27FN4O/c1-16-17(4-2-5-19(16)22)15-26-11-7-21(8-12-26)14-18(6-13-27-21)25-20-23-9-3-10-24-20/h2-5,9-10,18H,6-8,11-15H2,1H3,(H,23,24,25)/t18-/m0/s1. The first-order valence-corrected chi connectivity index (χ1v) is 9.77. The molecule has 2 fully saturated rings. The minimum Gasteiger partial charge on any atom is -0.375 e. The van der Waals surface area contributed by atoms with E-state index < -0.39 is 0 Å². The SMILES string of the molecule is Cc1c(F)cccc1CN1CCC2(CC1)C[C@@H](Nc1ncccn1)CCO2. The van der Waals surface area contributed by atoms with E-state index in [0.717, 1.165) is 63.1 Å². The van der Waals surface area contributed by atoms with Gasteiger partial charge in [0.15, 0.2) is 0 Å². The lowest BCUT2D eigenvalue weighted by Gasteiger charge is -2.46. The van der Waals surface area contributed by atoms with Crippen LogP contribution in [0.4, 0.5) is 10.3 Å². The van der Waals surface area contributed by atoms with Gasteiger partial charge in [-0.25, -0.2) is 14.4 Å². The van der Waals surface area contributed by atoms with Gasteiger partial charge in [-0.2, -0.15) is 0 Å². The molecule has 2 aromatic rings. The maximum atomic E-state index is 13.8. The molecule has 1 aromatic heterocycles. The zero-order valence-electron chi connectivity index (χ0n) is 15.8. The number of piperidine rings is 1. The summed E-state index contributed by atoms with van der Waals surface area (Å²) in [5.74, 6) is 0.576. The molecule has 0 unspecified atom stereocenters. The minimum absolute atomic E-state index is 0.0574. The molecule has 0 radical (unpaired) electrons. The van der Waals surface area contributed by atoms with Crippen molar-refractivity contribution in [2.75, 3.05) is 25.0 Å². The Bertz CT molecular complexity index is 762. The monoisotopic (exact) mass is 370 g/mol. The van der Waals surface area contributed by atoms with Crippen molar-refractivity contribution in [1.82, 2.24) is 14.9 Å². The van der Waals surface area contributed by atoms with Crippen molar-refractivity contribution >= 4 is 5.95 Å². The Morgan fingerprint density at radius 1 is 1.22 bits per heavy atom. The van der Waals surface area contributed by atoms with Crippen LogP contribution < -0.4 is 5.32 Å². The van der Waals surface area contributed by atoms with Crippen LogP contribution in [0.2, 0.25) is 0 Å². The fourth-order valence-corrected chi connectivity index (χ4v) is 4.24. The fraction of sp³-hybridized carbons (Fsp3) is 0.524. The van der Waals surface area contributed by atoms with Gasteiger partial charge in [-0.05, 0) is 55.9 Å². The molecule has 1 aromatic carbocycles. The number of hydrogen-bond donors (Lipinski definition) is 1. The average molecular weight is 370 g/mol. The van der Waals surface area contributed by atoms with Gasteiger partial charge in [-0.15, -0.1) is 0 Å². The summed E-state index contributed by atoms with van der Waals surface area (Å²) in [5.41, 5.74) is 1.79. The van der Waals surface area contributed by atoms with Crippen molar-refractivity contribution in [3.8, 4) is 0 Å². The third-order valence-electron chi connectivity index (χ3n) is 5.93. The van der Waals surface area contributed by atoms with Crippen LogP contribution in [-0.2, 0) is 11.3 Å². The van der Waals surface area contributed by atoms with Crippen LogP contribution in [0.5, 0.6) is 0 Å². The molecule has 1 spiro atoms. The molecule has 2 aliphatic rings. The third-order valence-corrected chi connectivity index (χ3v) is 5.93.